The molecule has 1 atom stereocenters. The van der Waals surface area contributed by atoms with Gasteiger partial charge in [-0.1, -0.05) is 23.2 Å². The van der Waals surface area contributed by atoms with Gasteiger partial charge in [-0.3, -0.25) is 4.79 Å². The van der Waals surface area contributed by atoms with Gasteiger partial charge >= 0.3 is 6.18 Å². The molecule has 0 fully saturated rings. The monoisotopic (exact) mass is 344 g/mol. The van der Waals surface area contributed by atoms with Gasteiger partial charge in [0.25, 0.3) is 0 Å². The van der Waals surface area contributed by atoms with Crippen molar-refractivity contribution >= 4 is 29.1 Å². The first-order chi connectivity index (χ1) is 9.67. The smallest absolute Gasteiger partial charge is 0.387 e. The lowest BCUT2D eigenvalue weighted by Crippen LogP contribution is -2.39. The molecule has 0 aliphatic carbocycles. The molecule has 0 heterocycles. The molecule has 1 aromatic carbocycles. The summed E-state index contributed by atoms with van der Waals surface area (Å²) in [6, 6.07) is 4.44. The van der Waals surface area contributed by atoms with Crippen molar-refractivity contribution in [2.24, 2.45) is 0 Å². The summed E-state index contributed by atoms with van der Waals surface area (Å²) in [5, 5.41) is 14.7. The maximum absolute atomic E-state index is 11.9. The van der Waals surface area contributed by atoms with Crippen molar-refractivity contribution in [1.82, 2.24) is 10.6 Å². The van der Waals surface area contributed by atoms with E-state index in [0.29, 0.717) is 15.6 Å². The summed E-state index contributed by atoms with van der Waals surface area (Å²) in [5.74, 6) is -0.661. The largest absolute Gasteiger partial charge is 0.401 e. The number of hydrogen-bond acceptors (Lipinski definition) is 3. The van der Waals surface area contributed by atoms with Crippen molar-refractivity contribution in [3.63, 3.8) is 0 Å². The summed E-state index contributed by atoms with van der Waals surface area (Å²) in [6.45, 7) is -1.92. The van der Waals surface area contributed by atoms with Gasteiger partial charge in [-0.25, -0.2) is 0 Å². The van der Waals surface area contributed by atoms with Crippen LogP contribution in [0.4, 0.5) is 13.2 Å². The minimum Gasteiger partial charge on any atom is -0.387 e. The Hall–Kier alpha value is -1.02. The zero-order valence-corrected chi connectivity index (χ0v) is 12.2. The molecule has 4 nitrogen and oxygen atoms in total. The fourth-order valence-corrected chi connectivity index (χ4v) is 2.02. The minimum absolute atomic E-state index is 0.163. The summed E-state index contributed by atoms with van der Waals surface area (Å²) in [4.78, 5) is 11.3. The lowest BCUT2D eigenvalue weighted by atomic mass is 10.1. The molecule has 0 radical (unpaired) electrons. The highest BCUT2D eigenvalue weighted by atomic mass is 35.5. The Balaban J connectivity index is 2.38. The lowest BCUT2D eigenvalue weighted by molar-refractivity contribution is -0.128. The number of alkyl halides is 3. The minimum atomic E-state index is -4.38. The SMILES string of the molecule is O=C(CNCC(F)(F)F)NCC(O)c1cc(Cl)cc(Cl)c1. The van der Waals surface area contributed by atoms with E-state index in [1.807, 2.05) is 5.32 Å². The van der Waals surface area contributed by atoms with Gasteiger partial charge in [-0.2, -0.15) is 13.2 Å². The van der Waals surface area contributed by atoms with E-state index in [2.05, 4.69) is 5.32 Å². The topological polar surface area (TPSA) is 61.4 Å². The maximum Gasteiger partial charge on any atom is 0.401 e. The third-order valence-corrected chi connectivity index (χ3v) is 2.81. The average molecular weight is 345 g/mol. The first kappa shape index (κ1) is 18.0. The first-order valence-corrected chi connectivity index (χ1v) is 6.61. The number of aliphatic hydroxyl groups excluding tert-OH is 1. The van der Waals surface area contributed by atoms with Crippen LogP contribution < -0.4 is 10.6 Å². The Morgan fingerprint density at radius 3 is 2.33 bits per heavy atom. The van der Waals surface area contributed by atoms with Crippen LogP contribution in [0.3, 0.4) is 0 Å². The van der Waals surface area contributed by atoms with Crippen molar-refractivity contribution in [2.45, 2.75) is 12.3 Å². The molecule has 21 heavy (non-hydrogen) atoms. The molecule has 0 saturated carbocycles. The van der Waals surface area contributed by atoms with Crippen molar-refractivity contribution in [1.29, 1.82) is 0 Å². The Kier molecular flexibility index (Phi) is 6.73. The van der Waals surface area contributed by atoms with Crippen LogP contribution in [0, 0.1) is 0 Å². The number of benzene rings is 1. The van der Waals surface area contributed by atoms with Gasteiger partial charge < -0.3 is 15.7 Å². The molecule has 1 aromatic rings. The van der Waals surface area contributed by atoms with Crippen LogP contribution in [0.2, 0.25) is 10.0 Å². The van der Waals surface area contributed by atoms with Gasteiger partial charge in [0, 0.05) is 16.6 Å². The van der Waals surface area contributed by atoms with Crippen LogP contribution in [0.15, 0.2) is 18.2 Å². The summed E-state index contributed by atoms with van der Waals surface area (Å²) in [7, 11) is 0. The Morgan fingerprint density at radius 2 is 1.81 bits per heavy atom. The number of amides is 1. The quantitative estimate of drug-likeness (QED) is 0.742. The fraction of sp³-hybridized carbons (Fsp3) is 0.417. The zero-order chi connectivity index (χ0) is 16.0. The van der Waals surface area contributed by atoms with Gasteiger partial charge in [-0.15, -0.1) is 0 Å². The standard InChI is InChI=1S/C12H13Cl2F3N2O2/c13-8-1-7(2-9(14)3-8)10(20)4-19-11(21)5-18-6-12(15,16)17/h1-3,10,18,20H,4-6H2,(H,19,21). The molecule has 0 spiro atoms. The second kappa shape index (κ2) is 7.84. The molecular weight excluding hydrogens is 332 g/mol. The summed E-state index contributed by atoms with van der Waals surface area (Å²) in [6.07, 6.45) is -5.44. The normalized spacial score (nSPS) is 13.0. The van der Waals surface area contributed by atoms with Gasteiger partial charge in [0.15, 0.2) is 0 Å². The molecule has 9 heteroatoms. The van der Waals surface area contributed by atoms with E-state index in [-0.39, 0.29) is 6.54 Å². The highest BCUT2D eigenvalue weighted by molar-refractivity contribution is 6.34. The molecule has 0 bridgehead atoms. The van der Waals surface area contributed by atoms with Gasteiger partial charge in [0.05, 0.1) is 19.2 Å². The molecular formula is C12H13Cl2F3N2O2. The molecule has 0 saturated heterocycles. The second-order valence-electron chi connectivity index (χ2n) is 4.24. The third kappa shape index (κ3) is 7.52. The van der Waals surface area contributed by atoms with Crippen molar-refractivity contribution in [2.75, 3.05) is 19.6 Å². The number of hydrogen-bond donors (Lipinski definition) is 3. The number of carbonyl (C=O) groups excluding carboxylic acids is 1. The Morgan fingerprint density at radius 1 is 1.24 bits per heavy atom. The van der Waals surface area contributed by atoms with Crippen LogP contribution in [-0.2, 0) is 4.79 Å². The highest BCUT2D eigenvalue weighted by Gasteiger charge is 2.26. The van der Waals surface area contributed by atoms with Crippen molar-refractivity contribution < 1.29 is 23.1 Å². The number of rotatable bonds is 6. The van der Waals surface area contributed by atoms with E-state index in [4.69, 9.17) is 23.2 Å². The van der Waals surface area contributed by atoms with Crippen LogP contribution in [0.25, 0.3) is 0 Å². The molecule has 118 valence electrons. The predicted molar refractivity (Wildman–Crippen MR) is 73.4 cm³/mol. The summed E-state index contributed by atoms with van der Waals surface area (Å²) >= 11 is 11.5. The van der Waals surface area contributed by atoms with Gasteiger partial charge in [0.1, 0.15) is 0 Å². The number of halogens is 5. The molecule has 1 rings (SSSR count). The summed E-state index contributed by atoms with van der Waals surface area (Å²) < 4.78 is 35.6. The Bertz CT molecular complexity index is 478. The Labute approximate surface area is 129 Å². The van der Waals surface area contributed by atoms with Crippen LogP contribution in [-0.4, -0.2) is 36.8 Å². The van der Waals surface area contributed by atoms with Crippen molar-refractivity contribution in [3.05, 3.63) is 33.8 Å². The maximum atomic E-state index is 11.9. The van der Waals surface area contributed by atoms with Crippen molar-refractivity contribution in [3.8, 4) is 0 Å². The molecule has 0 aromatic heterocycles. The second-order valence-corrected chi connectivity index (χ2v) is 5.11. The number of aliphatic hydroxyl groups is 1. The van der Waals surface area contributed by atoms with Gasteiger partial charge in [0.2, 0.25) is 5.91 Å². The third-order valence-electron chi connectivity index (χ3n) is 2.37. The molecule has 1 unspecified atom stereocenters. The van der Waals surface area contributed by atoms with E-state index >= 15 is 0 Å². The zero-order valence-electron chi connectivity index (χ0n) is 10.7. The molecule has 1 amide bonds. The van der Waals surface area contributed by atoms with Crippen LogP contribution in [0.5, 0.6) is 0 Å². The highest BCUT2D eigenvalue weighted by Crippen LogP contribution is 2.23. The van der Waals surface area contributed by atoms with Crippen LogP contribution in [0.1, 0.15) is 11.7 Å². The molecule has 0 aliphatic heterocycles. The number of carbonyl (C=O) groups is 1. The first-order valence-electron chi connectivity index (χ1n) is 5.85. The lowest BCUT2D eigenvalue weighted by Gasteiger charge is -2.13. The average Bonchev–Trinajstić information content (AvgIpc) is 2.33. The molecule has 3 N–H and O–H groups in total. The van der Waals surface area contributed by atoms with E-state index in [1.165, 1.54) is 18.2 Å². The van der Waals surface area contributed by atoms with E-state index in [0.717, 1.165) is 0 Å². The molecule has 0 aliphatic rings. The van der Waals surface area contributed by atoms with E-state index in [9.17, 15) is 23.1 Å². The van der Waals surface area contributed by atoms with E-state index in [1.54, 1.807) is 0 Å². The summed E-state index contributed by atoms with van der Waals surface area (Å²) in [5.41, 5.74) is 0.399. The predicted octanol–water partition coefficient (Wildman–Crippen LogP) is 2.29. The number of nitrogens with one attached hydrogen (secondary N) is 2. The van der Waals surface area contributed by atoms with Gasteiger partial charge in [-0.05, 0) is 23.8 Å². The van der Waals surface area contributed by atoms with E-state index < -0.39 is 31.3 Å². The van der Waals surface area contributed by atoms with Crippen LogP contribution >= 0.6 is 23.2 Å². The fourth-order valence-electron chi connectivity index (χ4n) is 1.48.